The molecule has 0 aliphatic carbocycles. The van der Waals surface area contributed by atoms with Crippen LogP contribution in [0.25, 0.3) is 0 Å². The largest absolute Gasteiger partial charge is 0.467 e. The van der Waals surface area contributed by atoms with Crippen molar-refractivity contribution in [2.75, 3.05) is 0 Å². The lowest BCUT2D eigenvalue weighted by molar-refractivity contribution is 0.0717. The van der Waals surface area contributed by atoms with Crippen LogP contribution in [0.4, 0.5) is 0 Å². The van der Waals surface area contributed by atoms with Gasteiger partial charge < -0.3 is 9.32 Å². The topological polar surface area (TPSA) is 46.3 Å². The summed E-state index contributed by atoms with van der Waals surface area (Å²) in [4.78, 5) is 18.6. The number of hydrogen-bond acceptors (Lipinski definition) is 3. The molecule has 0 radical (unpaired) electrons. The van der Waals surface area contributed by atoms with E-state index < -0.39 is 0 Å². The van der Waals surface area contributed by atoms with E-state index in [2.05, 4.69) is 4.98 Å². The number of aromatic nitrogens is 1. The third-order valence-corrected chi connectivity index (χ3v) is 3.62. The number of hydrogen-bond donors (Lipinski definition) is 0. The zero-order chi connectivity index (χ0) is 16.1. The summed E-state index contributed by atoms with van der Waals surface area (Å²) in [6, 6.07) is 14.4. The SMILES string of the molecule is O=C(c1cccc(Cl)c1)N(Cc1cccnc1)Cc1ccco1. The molecule has 0 spiro atoms. The number of halogens is 1. The molecule has 23 heavy (non-hydrogen) atoms. The summed E-state index contributed by atoms with van der Waals surface area (Å²) in [5.41, 5.74) is 1.50. The molecule has 0 N–H and O–H groups in total. The van der Waals surface area contributed by atoms with Gasteiger partial charge in [0.25, 0.3) is 5.91 Å². The molecule has 0 saturated carbocycles. The average Bonchev–Trinajstić information content (AvgIpc) is 3.08. The summed E-state index contributed by atoms with van der Waals surface area (Å²) in [5.74, 6) is 0.622. The maximum atomic E-state index is 12.8. The van der Waals surface area contributed by atoms with Crippen LogP contribution in [0, 0.1) is 0 Å². The van der Waals surface area contributed by atoms with E-state index in [0.29, 0.717) is 23.7 Å². The number of carbonyl (C=O) groups is 1. The van der Waals surface area contributed by atoms with Gasteiger partial charge in [-0.2, -0.15) is 0 Å². The fraction of sp³-hybridized carbons (Fsp3) is 0.111. The van der Waals surface area contributed by atoms with Gasteiger partial charge >= 0.3 is 0 Å². The van der Waals surface area contributed by atoms with Gasteiger partial charge in [-0.15, -0.1) is 0 Å². The number of furan rings is 1. The van der Waals surface area contributed by atoms with Crippen LogP contribution in [-0.4, -0.2) is 15.8 Å². The van der Waals surface area contributed by atoms with Gasteiger partial charge in [-0.25, -0.2) is 0 Å². The number of benzene rings is 1. The fourth-order valence-electron chi connectivity index (χ4n) is 2.31. The van der Waals surface area contributed by atoms with Crippen molar-refractivity contribution in [3.8, 4) is 0 Å². The first kappa shape index (κ1) is 15.3. The highest BCUT2D eigenvalue weighted by molar-refractivity contribution is 6.30. The molecule has 116 valence electrons. The molecule has 0 fully saturated rings. The van der Waals surface area contributed by atoms with Crippen LogP contribution in [0.5, 0.6) is 0 Å². The predicted molar refractivity (Wildman–Crippen MR) is 88.0 cm³/mol. The van der Waals surface area contributed by atoms with Crippen LogP contribution in [-0.2, 0) is 13.1 Å². The first-order valence-corrected chi connectivity index (χ1v) is 7.56. The smallest absolute Gasteiger partial charge is 0.254 e. The lowest BCUT2D eigenvalue weighted by Gasteiger charge is -2.22. The maximum absolute atomic E-state index is 12.8. The Morgan fingerprint density at radius 1 is 1.13 bits per heavy atom. The standard InChI is InChI=1S/C18H15ClN2O2/c19-16-6-1-5-15(10-16)18(22)21(13-17-7-3-9-23-17)12-14-4-2-8-20-11-14/h1-11H,12-13H2. The Morgan fingerprint density at radius 3 is 2.74 bits per heavy atom. The van der Waals surface area contributed by atoms with Crippen molar-refractivity contribution in [1.29, 1.82) is 0 Å². The molecule has 2 heterocycles. The monoisotopic (exact) mass is 326 g/mol. The third kappa shape index (κ3) is 3.99. The van der Waals surface area contributed by atoms with Gasteiger partial charge in [0.1, 0.15) is 5.76 Å². The molecule has 2 aromatic heterocycles. The summed E-state index contributed by atoms with van der Waals surface area (Å²) >= 11 is 6.00. The lowest BCUT2D eigenvalue weighted by atomic mass is 10.1. The Morgan fingerprint density at radius 2 is 2.04 bits per heavy atom. The minimum absolute atomic E-state index is 0.104. The van der Waals surface area contributed by atoms with Crippen molar-refractivity contribution in [3.05, 3.63) is 89.1 Å². The van der Waals surface area contributed by atoms with E-state index in [1.54, 1.807) is 53.9 Å². The molecule has 4 nitrogen and oxygen atoms in total. The Kier molecular flexibility index (Phi) is 4.74. The number of rotatable bonds is 5. The zero-order valence-electron chi connectivity index (χ0n) is 12.4. The molecule has 0 unspecified atom stereocenters. The molecular formula is C18H15ClN2O2. The highest BCUT2D eigenvalue weighted by atomic mass is 35.5. The molecule has 0 aliphatic rings. The summed E-state index contributed by atoms with van der Waals surface area (Å²) in [6.07, 6.45) is 5.06. The lowest BCUT2D eigenvalue weighted by Crippen LogP contribution is -2.30. The molecule has 3 aromatic rings. The minimum Gasteiger partial charge on any atom is -0.467 e. The molecule has 0 aliphatic heterocycles. The summed E-state index contributed by atoms with van der Waals surface area (Å²) in [7, 11) is 0. The van der Waals surface area contributed by atoms with Gasteiger partial charge in [-0.3, -0.25) is 9.78 Å². The van der Waals surface area contributed by atoms with Gasteiger partial charge in [0, 0.05) is 29.5 Å². The number of amides is 1. The average molecular weight is 327 g/mol. The van der Waals surface area contributed by atoms with Gasteiger partial charge in [-0.1, -0.05) is 23.7 Å². The van der Waals surface area contributed by atoms with Crippen LogP contribution in [0.15, 0.2) is 71.6 Å². The number of nitrogens with zero attached hydrogens (tertiary/aromatic N) is 2. The Hall–Kier alpha value is -2.59. The van der Waals surface area contributed by atoms with Gasteiger partial charge in [-0.05, 0) is 42.0 Å². The van der Waals surface area contributed by atoms with Crippen LogP contribution in [0.2, 0.25) is 5.02 Å². The van der Waals surface area contributed by atoms with Crippen LogP contribution >= 0.6 is 11.6 Å². The van der Waals surface area contributed by atoms with E-state index in [1.165, 1.54) is 0 Å². The Balaban J connectivity index is 1.86. The summed E-state index contributed by atoms with van der Waals surface area (Å²) in [6.45, 7) is 0.827. The Bertz CT molecular complexity index is 773. The van der Waals surface area contributed by atoms with Crippen molar-refractivity contribution in [3.63, 3.8) is 0 Å². The van der Waals surface area contributed by atoms with E-state index in [9.17, 15) is 4.79 Å². The summed E-state index contributed by atoms with van der Waals surface area (Å²) in [5, 5.41) is 0.537. The molecular weight excluding hydrogens is 312 g/mol. The first-order valence-electron chi connectivity index (χ1n) is 7.18. The first-order chi connectivity index (χ1) is 11.2. The number of pyridine rings is 1. The van der Waals surface area contributed by atoms with Gasteiger partial charge in [0.2, 0.25) is 0 Å². The summed E-state index contributed by atoms with van der Waals surface area (Å²) < 4.78 is 5.38. The van der Waals surface area contributed by atoms with E-state index >= 15 is 0 Å². The molecule has 0 saturated heterocycles. The highest BCUT2D eigenvalue weighted by Crippen LogP contribution is 2.17. The predicted octanol–water partition coefficient (Wildman–Crippen LogP) is 4.17. The minimum atomic E-state index is -0.104. The van der Waals surface area contributed by atoms with E-state index in [1.807, 2.05) is 18.2 Å². The number of carbonyl (C=O) groups excluding carboxylic acids is 1. The van der Waals surface area contributed by atoms with Gasteiger partial charge in [0.05, 0.1) is 12.8 Å². The fourth-order valence-corrected chi connectivity index (χ4v) is 2.50. The van der Waals surface area contributed by atoms with Crippen LogP contribution in [0.3, 0.4) is 0 Å². The van der Waals surface area contributed by atoms with Crippen molar-refractivity contribution in [2.45, 2.75) is 13.1 Å². The van der Waals surface area contributed by atoms with Crippen molar-refractivity contribution >= 4 is 17.5 Å². The van der Waals surface area contributed by atoms with Crippen molar-refractivity contribution < 1.29 is 9.21 Å². The molecule has 0 atom stereocenters. The quantitative estimate of drug-likeness (QED) is 0.707. The van der Waals surface area contributed by atoms with Crippen LogP contribution < -0.4 is 0 Å². The second-order valence-corrected chi connectivity index (χ2v) is 5.55. The normalized spacial score (nSPS) is 10.5. The van der Waals surface area contributed by atoms with E-state index in [0.717, 1.165) is 11.3 Å². The Labute approximate surface area is 139 Å². The third-order valence-electron chi connectivity index (χ3n) is 3.38. The van der Waals surface area contributed by atoms with Crippen molar-refractivity contribution in [2.24, 2.45) is 0 Å². The van der Waals surface area contributed by atoms with Crippen LogP contribution in [0.1, 0.15) is 21.7 Å². The van der Waals surface area contributed by atoms with E-state index in [-0.39, 0.29) is 5.91 Å². The molecule has 1 amide bonds. The maximum Gasteiger partial charge on any atom is 0.254 e. The molecule has 0 bridgehead atoms. The molecule has 5 heteroatoms. The highest BCUT2D eigenvalue weighted by Gasteiger charge is 2.18. The molecule has 1 aromatic carbocycles. The van der Waals surface area contributed by atoms with E-state index in [4.69, 9.17) is 16.0 Å². The van der Waals surface area contributed by atoms with Gasteiger partial charge in [0.15, 0.2) is 0 Å². The second kappa shape index (κ2) is 7.11. The van der Waals surface area contributed by atoms with Crippen molar-refractivity contribution in [1.82, 2.24) is 9.88 Å². The second-order valence-electron chi connectivity index (χ2n) is 5.11. The zero-order valence-corrected chi connectivity index (χ0v) is 13.1. The molecule has 3 rings (SSSR count).